The van der Waals surface area contributed by atoms with E-state index in [0.717, 1.165) is 34.1 Å². The Balaban J connectivity index is 2.16. The molecule has 1 N–H and O–H groups in total. The number of aryl methyl sites for hydroxylation is 2. The van der Waals surface area contributed by atoms with E-state index in [9.17, 15) is 0 Å². The van der Waals surface area contributed by atoms with E-state index in [-0.39, 0.29) is 6.61 Å². The molecule has 0 spiro atoms. The number of benzene rings is 1. The highest BCUT2D eigenvalue weighted by molar-refractivity contribution is 7.98. The highest BCUT2D eigenvalue weighted by atomic mass is 32.2. The van der Waals surface area contributed by atoms with E-state index in [1.54, 1.807) is 11.8 Å². The lowest BCUT2D eigenvalue weighted by atomic mass is 10.1. The van der Waals surface area contributed by atoms with Crippen LogP contribution in [-0.2, 0) is 5.75 Å². The van der Waals surface area contributed by atoms with Crippen LogP contribution in [-0.4, -0.2) is 37.7 Å². The van der Waals surface area contributed by atoms with E-state index in [2.05, 4.69) is 41.5 Å². The smallest absolute Gasteiger partial charge is 0.166 e. The number of aromatic nitrogens is 4. The van der Waals surface area contributed by atoms with Crippen LogP contribution >= 0.6 is 11.8 Å². The lowest BCUT2D eigenvalue weighted by molar-refractivity contribution is 0.250. The number of hydrogen-bond donors (Lipinski definition) is 1. The van der Waals surface area contributed by atoms with Crippen LogP contribution in [0.4, 0.5) is 0 Å². The number of tetrazole rings is 1. The first-order valence-corrected chi connectivity index (χ1v) is 7.81. The highest BCUT2D eigenvalue weighted by Gasteiger charge is 2.13. The van der Waals surface area contributed by atoms with E-state index in [1.165, 1.54) is 0 Å². The molecule has 0 aliphatic heterocycles. The van der Waals surface area contributed by atoms with Crippen molar-refractivity contribution in [3.63, 3.8) is 0 Å². The first kappa shape index (κ1) is 15.0. The standard InChI is InChI=1S/C14H20N4OS/c1-10(7-19)8-20-9-13-15-16-17-18(13)14-11(2)5-4-6-12(14)3/h4-6,10,19H,7-9H2,1-3H3. The van der Waals surface area contributed by atoms with Crippen LogP contribution in [0.2, 0.25) is 0 Å². The number of hydrogen-bond acceptors (Lipinski definition) is 5. The average Bonchev–Trinajstić information content (AvgIpc) is 2.87. The molecule has 1 heterocycles. The lowest BCUT2D eigenvalue weighted by Crippen LogP contribution is -2.08. The van der Waals surface area contributed by atoms with Crippen LogP contribution in [0.1, 0.15) is 23.9 Å². The summed E-state index contributed by atoms with van der Waals surface area (Å²) in [5.74, 6) is 2.78. The summed E-state index contributed by atoms with van der Waals surface area (Å²) in [6.07, 6.45) is 0. The summed E-state index contributed by atoms with van der Waals surface area (Å²) >= 11 is 1.74. The molecule has 0 amide bonds. The minimum absolute atomic E-state index is 0.217. The maximum absolute atomic E-state index is 9.04. The number of para-hydroxylation sites is 1. The van der Waals surface area contributed by atoms with Crippen molar-refractivity contribution in [2.24, 2.45) is 5.92 Å². The van der Waals surface area contributed by atoms with Crippen LogP contribution in [0, 0.1) is 19.8 Å². The van der Waals surface area contributed by atoms with Gasteiger partial charge in [0, 0.05) is 6.61 Å². The van der Waals surface area contributed by atoms with Gasteiger partial charge in [0.15, 0.2) is 5.82 Å². The molecule has 0 aliphatic carbocycles. The fourth-order valence-electron chi connectivity index (χ4n) is 2.01. The molecule has 108 valence electrons. The molecule has 0 saturated heterocycles. The zero-order chi connectivity index (χ0) is 14.5. The molecule has 0 fully saturated rings. The third-order valence-electron chi connectivity index (χ3n) is 3.13. The molecule has 0 saturated carbocycles. The molecule has 6 heteroatoms. The third kappa shape index (κ3) is 3.37. The molecule has 0 bridgehead atoms. The van der Waals surface area contributed by atoms with Gasteiger partial charge in [-0.15, -0.1) is 5.10 Å². The van der Waals surface area contributed by atoms with E-state index in [4.69, 9.17) is 5.11 Å². The normalized spacial score (nSPS) is 12.6. The number of aliphatic hydroxyl groups excluding tert-OH is 1. The van der Waals surface area contributed by atoms with Gasteiger partial charge in [-0.1, -0.05) is 25.1 Å². The number of thioether (sulfide) groups is 1. The summed E-state index contributed by atoms with van der Waals surface area (Å²) in [6.45, 7) is 6.37. The Kier molecular flexibility index (Phi) is 5.14. The summed E-state index contributed by atoms with van der Waals surface area (Å²) in [4.78, 5) is 0. The van der Waals surface area contributed by atoms with Crippen molar-refractivity contribution in [3.05, 3.63) is 35.2 Å². The summed E-state index contributed by atoms with van der Waals surface area (Å²) in [7, 11) is 0. The molecule has 0 radical (unpaired) electrons. The summed E-state index contributed by atoms with van der Waals surface area (Å²) < 4.78 is 1.82. The molecule has 20 heavy (non-hydrogen) atoms. The van der Waals surface area contributed by atoms with Crippen LogP contribution in [0.15, 0.2) is 18.2 Å². The Labute approximate surface area is 123 Å². The van der Waals surface area contributed by atoms with Crippen LogP contribution in [0.25, 0.3) is 5.69 Å². The fraction of sp³-hybridized carbons (Fsp3) is 0.500. The van der Waals surface area contributed by atoms with Crippen LogP contribution < -0.4 is 0 Å². The Hall–Kier alpha value is -1.40. The predicted octanol–water partition coefficient (Wildman–Crippen LogP) is 2.14. The molecule has 2 rings (SSSR count). The number of aliphatic hydroxyl groups is 1. The second kappa shape index (κ2) is 6.85. The largest absolute Gasteiger partial charge is 0.396 e. The Bertz CT molecular complexity index is 550. The molecule has 1 aromatic heterocycles. The maximum Gasteiger partial charge on any atom is 0.166 e. The molecule has 1 unspecified atom stereocenters. The quantitative estimate of drug-likeness (QED) is 0.883. The molecular formula is C14H20N4OS. The van der Waals surface area contributed by atoms with Gasteiger partial charge in [0.2, 0.25) is 0 Å². The predicted molar refractivity (Wildman–Crippen MR) is 81.0 cm³/mol. The minimum Gasteiger partial charge on any atom is -0.396 e. The van der Waals surface area contributed by atoms with Crippen molar-refractivity contribution in [2.45, 2.75) is 26.5 Å². The zero-order valence-corrected chi connectivity index (χ0v) is 12.9. The van der Waals surface area contributed by atoms with Crippen molar-refractivity contribution < 1.29 is 5.11 Å². The zero-order valence-electron chi connectivity index (χ0n) is 12.1. The van der Waals surface area contributed by atoms with Crippen molar-refractivity contribution in [2.75, 3.05) is 12.4 Å². The number of rotatable bonds is 6. The highest BCUT2D eigenvalue weighted by Crippen LogP contribution is 2.21. The van der Waals surface area contributed by atoms with Gasteiger partial charge in [-0.05, 0) is 47.1 Å². The van der Waals surface area contributed by atoms with Gasteiger partial charge in [0.05, 0.1) is 11.4 Å². The van der Waals surface area contributed by atoms with Crippen molar-refractivity contribution in [1.29, 1.82) is 0 Å². The minimum atomic E-state index is 0.217. The Morgan fingerprint density at radius 2 is 2.00 bits per heavy atom. The van der Waals surface area contributed by atoms with E-state index < -0.39 is 0 Å². The summed E-state index contributed by atoms with van der Waals surface area (Å²) in [6, 6.07) is 6.17. The topological polar surface area (TPSA) is 63.8 Å². The molecule has 5 nitrogen and oxygen atoms in total. The molecular weight excluding hydrogens is 272 g/mol. The third-order valence-corrected chi connectivity index (χ3v) is 4.40. The molecule has 2 aromatic rings. The monoisotopic (exact) mass is 292 g/mol. The van der Waals surface area contributed by atoms with Gasteiger partial charge >= 0.3 is 0 Å². The van der Waals surface area contributed by atoms with Gasteiger partial charge < -0.3 is 5.11 Å². The maximum atomic E-state index is 9.04. The molecule has 1 aromatic carbocycles. The second-order valence-corrected chi connectivity index (χ2v) is 6.08. The molecule has 1 atom stereocenters. The van der Waals surface area contributed by atoms with Gasteiger partial charge in [0.1, 0.15) is 0 Å². The van der Waals surface area contributed by atoms with Gasteiger partial charge in [0.25, 0.3) is 0 Å². The summed E-state index contributed by atoms with van der Waals surface area (Å²) in [5.41, 5.74) is 3.38. The first-order valence-electron chi connectivity index (χ1n) is 6.66. The van der Waals surface area contributed by atoms with Crippen molar-refractivity contribution in [1.82, 2.24) is 20.2 Å². The fourth-order valence-corrected chi connectivity index (χ4v) is 3.00. The van der Waals surface area contributed by atoms with Crippen molar-refractivity contribution >= 4 is 11.8 Å². The van der Waals surface area contributed by atoms with E-state index in [0.29, 0.717) is 5.92 Å². The second-order valence-electron chi connectivity index (χ2n) is 5.05. The van der Waals surface area contributed by atoms with E-state index >= 15 is 0 Å². The first-order chi connectivity index (χ1) is 9.63. The van der Waals surface area contributed by atoms with Crippen LogP contribution in [0.5, 0.6) is 0 Å². The number of nitrogens with zero attached hydrogens (tertiary/aromatic N) is 4. The Morgan fingerprint density at radius 3 is 2.65 bits per heavy atom. The lowest BCUT2D eigenvalue weighted by Gasteiger charge is -2.11. The SMILES string of the molecule is Cc1cccc(C)c1-n1nnnc1CSCC(C)CO. The molecule has 0 aliphatic rings. The van der Waals surface area contributed by atoms with Gasteiger partial charge in [-0.2, -0.15) is 16.4 Å². The average molecular weight is 292 g/mol. The van der Waals surface area contributed by atoms with Gasteiger partial charge in [-0.3, -0.25) is 0 Å². The Morgan fingerprint density at radius 1 is 1.30 bits per heavy atom. The van der Waals surface area contributed by atoms with E-state index in [1.807, 2.05) is 17.7 Å². The van der Waals surface area contributed by atoms with Crippen molar-refractivity contribution in [3.8, 4) is 5.69 Å². The van der Waals surface area contributed by atoms with Crippen LogP contribution in [0.3, 0.4) is 0 Å². The summed E-state index contributed by atoms with van der Waals surface area (Å²) in [5, 5.41) is 21.1. The van der Waals surface area contributed by atoms with Gasteiger partial charge in [-0.25, -0.2) is 0 Å².